The predicted molar refractivity (Wildman–Crippen MR) is 69.6 cm³/mol. The zero-order chi connectivity index (χ0) is 11.8. The monoisotopic (exact) mass is 282 g/mol. The number of carbonyl (C=O) groups is 1. The average Bonchev–Trinajstić information content (AvgIpc) is 2.31. The summed E-state index contributed by atoms with van der Waals surface area (Å²) in [5.41, 5.74) is 1.60. The standard InChI is InChI=1S/C13H15BrO2/c1-2-5-12-11(10-15)6-3-7-13(12)16-9-4-8-14/h2-3,6-7,10H,1,4-5,8-9H2. The van der Waals surface area contributed by atoms with Crippen LogP contribution in [0.5, 0.6) is 5.75 Å². The predicted octanol–water partition coefficient (Wildman–Crippen LogP) is 3.39. The third-order valence-electron chi connectivity index (χ3n) is 2.18. The van der Waals surface area contributed by atoms with Gasteiger partial charge in [-0.25, -0.2) is 0 Å². The number of allylic oxidation sites excluding steroid dienone is 1. The van der Waals surface area contributed by atoms with E-state index < -0.39 is 0 Å². The smallest absolute Gasteiger partial charge is 0.150 e. The molecule has 0 unspecified atom stereocenters. The Morgan fingerprint density at radius 3 is 2.88 bits per heavy atom. The minimum Gasteiger partial charge on any atom is -0.493 e. The highest BCUT2D eigenvalue weighted by Gasteiger charge is 2.07. The van der Waals surface area contributed by atoms with Crippen LogP contribution in [0, 0.1) is 0 Å². The maximum absolute atomic E-state index is 10.9. The highest BCUT2D eigenvalue weighted by Crippen LogP contribution is 2.22. The second-order valence-electron chi connectivity index (χ2n) is 3.33. The first-order valence-corrected chi connectivity index (χ1v) is 6.32. The third kappa shape index (κ3) is 3.49. The zero-order valence-corrected chi connectivity index (χ0v) is 10.7. The number of halogens is 1. The van der Waals surface area contributed by atoms with Crippen molar-refractivity contribution in [1.29, 1.82) is 0 Å². The van der Waals surface area contributed by atoms with E-state index in [1.165, 1.54) is 0 Å². The molecule has 0 N–H and O–H groups in total. The van der Waals surface area contributed by atoms with Crippen molar-refractivity contribution in [3.8, 4) is 5.75 Å². The summed E-state index contributed by atoms with van der Waals surface area (Å²) in [7, 11) is 0. The molecule has 0 fully saturated rings. The maximum atomic E-state index is 10.9. The van der Waals surface area contributed by atoms with Gasteiger partial charge in [-0.1, -0.05) is 34.1 Å². The summed E-state index contributed by atoms with van der Waals surface area (Å²) < 4.78 is 5.64. The molecule has 1 aromatic rings. The number of alkyl halides is 1. The SMILES string of the molecule is C=CCc1c(C=O)cccc1OCCCBr. The topological polar surface area (TPSA) is 26.3 Å². The fraction of sp³-hybridized carbons (Fsp3) is 0.308. The molecule has 86 valence electrons. The Bertz CT molecular complexity index is 361. The molecular formula is C13H15BrO2. The van der Waals surface area contributed by atoms with Gasteiger partial charge < -0.3 is 4.74 Å². The summed E-state index contributed by atoms with van der Waals surface area (Å²) in [5.74, 6) is 0.783. The van der Waals surface area contributed by atoms with Gasteiger partial charge >= 0.3 is 0 Å². The van der Waals surface area contributed by atoms with Crippen molar-refractivity contribution in [1.82, 2.24) is 0 Å². The lowest BCUT2D eigenvalue weighted by Gasteiger charge is -2.11. The molecular weight excluding hydrogens is 268 g/mol. The van der Waals surface area contributed by atoms with Gasteiger partial charge in [-0.15, -0.1) is 6.58 Å². The molecule has 0 radical (unpaired) electrons. The Kier molecular flexibility index (Phi) is 5.86. The van der Waals surface area contributed by atoms with Crippen molar-refractivity contribution in [3.05, 3.63) is 42.0 Å². The van der Waals surface area contributed by atoms with Crippen LogP contribution in [0.15, 0.2) is 30.9 Å². The van der Waals surface area contributed by atoms with Crippen molar-refractivity contribution >= 4 is 22.2 Å². The molecule has 0 atom stereocenters. The van der Waals surface area contributed by atoms with Crippen molar-refractivity contribution in [2.75, 3.05) is 11.9 Å². The van der Waals surface area contributed by atoms with Crippen LogP contribution in [0.4, 0.5) is 0 Å². The first-order chi connectivity index (χ1) is 7.83. The summed E-state index contributed by atoms with van der Waals surface area (Å²) in [4.78, 5) is 10.9. The van der Waals surface area contributed by atoms with E-state index in [2.05, 4.69) is 22.5 Å². The van der Waals surface area contributed by atoms with Crippen molar-refractivity contribution in [2.24, 2.45) is 0 Å². The molecule has 0 heterocycles. The molecule has 0 bridgehead atoms. The molecule has 0 spiro atoms. The number of aldehydes is 1. The zero-order valence-electron chi connectivity index (χ0n) is 9.12. The second-order valence-corrected chi connectivity index (χ2v) is 4.12. The second kappa shape index (κ2) is 7.23. The third-order valence-corrected chi connectivity index (χ3v) is 2.74. The van der Waals surface area contributed by atoms with E-state index in [0.717, 1.165) is 29.4 Å². The Morgan fingerprint density at radius 1 is 1.44 bits per heavy atom. The van der Waals surface area contributed by atoms with Crippen molar-refractivity contribution in [3.63, 3.8) is 0 Å². The van der Waals surface area contributed by atoms with E-state index in [0.29, 0.717) is 18.6 Å². The normalized spacial score (nSPS) is 9.81. The van der Waals surface area contributed by atoms with Crippen LogP contribution in [-0.4, -0.2) is 18.2 Å². The van der Waals surface area contributed by atoms with Gasteiger partial charge in [0.2, 0.25) is 0 Å². The van der Waals surface area contributed by atoms with Gasteiger partial charge in [0, 0.05) is 16.5 Å². The molecule has 16 heavy (non-hydrogen) atoms. The summed E-state index contributed by atoms with van der Waals surface area (Å²) in [6.45, 7) is 4.34. The van der Waals surface area contributed by atoms with Crippen LogP contribution in [-0.2, 0) is 6.42 Å². The Hall–Kier alpha value is -1.09. The lowest BCUT2D eigenvalue weighted by molar-refractivity contribution is 0.112. The van der Waals surface area contributed by atoms with E-state index in [4.69, 9.17) is 4.74 Å². The molecule has 1 rings (SSSR count). The van der Waals surface area contributed by atoms with Gasteiger partial charge in [-0.05, 0) is 18.9 Å². The molecule has 1 aromatic carbocycles. The van der Waals surface area contributed by atoms with Gasteiger partial charge in [0.15, 0.2) is 0 Å². The molecule has 0 saturated carbocycles. The summed E-state index contributed by atoms with van der Waals surface area (Å²) in [5, 5.41) is 0.914. The summed E-state index contributed by atoms with van der Waals surface area (Å²) in [6, 6.07) is 5.52. The minimum atomic E-state index is 0.650. The van der Waals surface area contributed by atoms with E-state index in [-0.39, 0.29) is 0 Å². The van der Waals surface area contributed by atoms with Gasteiger partial charge in [0.1, 0.15) is 12.0 Å². The van der Waals surface area contributed by atoms with Crippen LogP contribution >= 0.6 is 15.9 Å². The fourth-order valence-electron chi connectivity index (χ4n) is 1.43. The maximum Gasteiger partial charge on any atom is 0.150 e. The van der Waals surface area contributed by atoms with E-state index >= 15 is 0 Å². The highest BCUT2D eigenvalue weighted by atomic mass is 79.9. The Balaban J connectivity index is 2.87. The molecule has 0 saturated heterocycles. The molecule has 0 aliphatic carbocycles. The Labute approximate surface area is 104 Å². The van der Waals surface area contributed by atoms with E-state index in [9.17, 15) is 4.79 Å². The van der Waals surface area contributed by atoms with E-state index in [1.807, 2.05) is 12.1 Å². The van der Waals surface area contributed by atoms with Crippen molar-refractivity contribution in [2.45, 2.75) is 12.8 Å². The number of hydrogen-bond donors (Lipinski definition) is 0. The highest BCUT2D eigenvalue weighted by molar-refractivity contribution is 9.09. The number of rotatable bonds is 7. The summed E-state index contributed by atoms with van der Waals surface area (Å²) in [6.07, 6.45) is 4.23. The Morgan fingerprint density at radius 2 is 2.25 bits per heavy atom. The van der Waals surface area contributed by atoms with Crippen molar-refractivity contribution < 1.29 is 9.53 Å². The first kappa shape index (κ1) is 13.0. The summed E-state index contributed by atoms with van der Waals surface area (Å²) >= 11 is 3.35. The number of ether oxygens (including phenoxy) is 1. The lowest BCUT2D eigenvalue weighted by atomic mass is 10.0. The quantitative estimate of drug-likeness (QED) is 0.332. The minimum absolute atomic E-state index is 0.650. The molecule has 2 nitrogen and oxygen atoms in total. The number of benzene rings is 1. The fourth-order valence-corrected chi connectivity index (χ4v) is 1.66. The van der Waals surface area contributed by atoms with Gasteiger partial charge in [0.05, 0.1) is 6.61 Å². The van der Waals surface area contributed by atoms with Gasteiger partial charge in [0.25, 0.3) is 0 Å². The van der Waals surface area contributed by atoms with Crippen LogP contribution in [0.25, 0.3) is 0 Å². The van der Waals surface area contributed by atoms with Crippen LogP contribution in [0.3, 0.4) is 0 Å². The number of hydrogen-bond acceptors (Lipinski definition) is 2. The average molecular weight is 283 g/mol. The number of carbonyl (C=O) groups excluding carboxylic acids is 1. The van der Waals surface area contributed by atoms with Gasteiger partial charge in [-0.3, -0.25) is 4.79 Å². The molecule has 0 aliphatic rings. The molecule has 0 aliphatic heterocycles. The van der Waals surface area contributed by atoms with Crippen LogP contribution in [0.1, 0.15) is 22.3 Å². The van der Waals surface area contributed by atoms with E-state index in [1.54, 1.807) is 12.1 Å². The molecule has 0 amide bonds. The molecule has 0 aromatic heterocycles. The van der Waals surface area contributed by atoms with Crippen LogP contribution < -0.4 is 4.74 Å². The lowest BCUT2D eigenvalue weighted by Crippen LogP contribution is -2.02. The molecule has 3 heteroatoms. The van der Waals surface area contributed by atoms with Crippen LogP contribution in [0.2, 0.25) is 0 Å². The van der Waals surface area contributed by atoms with Gasteiger partial charge in [-0.2, -0.15) is 0 Å². The first-order valence-electron chi connectivity index (χ1n) is 5.20. The largest absolute Gasteiger partial charge is 0.493 e.